The van der Waals surface area contributed by atoms with Gasteiger partial charge in [-0.2, -0.15) is 5.10 Å². The van der Waals surface area contributed by atoms with E-state index < -0.39 is 0 Å². The first-order valence-corrected chi connectivity index (χ1v) is 11.4. The normalized spacial score (nSPS) is 23.1. The van der Waals surface area contributed by atoms with Gasteiger partial charge in [0.15, 0.2) is 5.69 Å². The van der Waals surface area contributed by atoms with Crippen LogP contribution in [0.3, 0.4) is 0 Å². The SMILES string of the molecule is C=CC1=C(C=C)c2c(c(C(=O)N3CCOCC3)nn2CC2CCCN(C)C2)CS1. The fourth-order valence-corrected chi connectivity index (χ4v) is 5.56. The first kappa shape index (κ1) is 20.4. The highest BCUT2D eigenvalue weighted by Crippen LogP contribution is 2.41. The fraction of sp³-hybridized carbons (Fsp3) is 0.545. The molecule has 0 aliphatic carbocycles. The molecule has 1 unspecified atom stereocenters. The van der Waals surface area contributed by atoms with Crippen molar-refractivity contribution in [3.05, 3.63) is 47.2 Å². The van der Waals surface area contributed by atoms with Crippen molar-refractivity contribution >= 4 is 23.2 Å². The average molecular weight is 415 g/mol. The van der Waals surface area contributed by atoms with Crippen LogP contribution in [0.2, 0.25) is 0 Å². The molecule has 29 heavy (non-hydrogen) atoms. The highest BCUT2D eigenvalue weighted by molar-refractivity contribution is 8.02. The average Bonchev–Trinajstić information content (AvgIpc) is 3.11. The minimum absolute atomic E-state index is 0.0233. The van der Waals surface area contributed by atoms with Gasteiger partial charge in [0, 0.05) is 48.0 Å². The van der Waals surface area contributed by atoms with Crippen molar-refractivity contribution in [3.63, 3.8) is 0 Å². The van der Waals surface area contributed by atoms with Gasteiger partial charge in [0.05, 0.1) is 18.9 Å². The second kappa shape index (κ2) is 8.90. The number of hydrogen-bond acceptors (Lipinski definition) is 5. The second-order valence-corrected chi connectivity index (χ2v) is 9.02. The number of carbonyl (C=O) groups is 1. The van der Waals surface area contributed by atoms with E-state index in [0.717, 1.165) is 47.1 Å². The Morgan fingerprint density at radius 2 is 2.07 bits per heavy atom. The monoisotopic (exact) mass is 414 g/mol. The van der Waals surface area contributed by atoms with Gasteiger partial charge in [-0.1, -0.05) is 25.3 Å². The van der Waals surface area contributed by atoms with Crippen LogP contribution in [0.25, 0.3) is 5.57 Å². The molecule has 0 N–H and O–H groups in total. The van der Waals surface area contributed by atoms with Gasteiger partial charge in [-0.25, -0.2) is 0 Å². The summed E-state index contributed by atoms with van der Waals surface area (Å²) in [5.74, 6) is 1.30. The van der Waals surface area contributed by atoms with E-state index in [1.54, 1.807) is 11.8 Å². The van der Waals surface area contributed by atoms with Crippen LogP contribution in [-0.4, -0.2) is 71.9 Å². The number of nitrogens with zero attached hydrogens (tertiary/aromatic N) is 4. The molecule has 7 heteroatoms. The van der Waals surface area contributed by atoms with E-state index in [1.807, 2.05) is 17.1 Å². The Balaban J connectivity index is 1.73. The Hall–Kier alpha value is -1.83. The molecule has 156 valence electrons. The lowest BCUT2D eigenvalue weighted by atomic mass is 9.98. The lowest BCUT2D eigenvalue weighted by Gasteiger charge is -2.30. The summed E-state index contributed by atoms with van der Waals surface area (Å²) >= 11 is 1.71. The van der Waals surface area contributed by atoms with Crippen LogP contribution in [0.5, 0.6) is 0 Å². The smallest absolute Gasteiger partial charge is 0.274 e. The number of aromatic nitrogens is 2. The molecular weight excluding hydrogens is 384 g/mol. The van der Waals surface area contributed by atoms with Gasteiger partial charge in [0.2, 0.25) is 0 Å². The molecule has 0 radical (unpaired) electrons. The maximum atomic E-state index is 13.3. The molecule has 0 spiro atoms. The molecule has 4 heterocycles. The van der Waals surface area contributed by atoms with Crippen molar-refractivity contribution in [2.45, 2.75) is 25.1 Å². The van der Waals surface area contributed by atoms with Gasteiger partial charge >= 0.3 is 0 Å². The highest BCUT2D eigenvalue weighted by atomic mass is 32.2. The number of ether oxygens (including phenoxy) is 1. The molecule has 2 saturated heterocycles. The summed E-state index contributed by atoms with van der Waals surface area (Å²) in [7, 11) is 2.18. The van der Waals surface area contributed by atoms with Crippen molar-refractivity contribution < 1.29 is 9.53 Å². The molecule has 3 aliphatic rings. The maximum Gasteiger partial charge on any atom is 0.274 e. The zero-order chi connectivity index (χ0) is 20.4. The highest BCUT2D eigenvalue weighted by Gasteiger charge is 2.32. The molecule has 3 aliphatic heterocycles. The topological polar surface area (TPSA) is 50.6 Å². The Kier molecular flexibility index (Phi) is 6.27. The predicted molar refractivity (Wildman–Crippen MR) is 118 cm³/mol. The summed E-state index contributed by atoms with van der Waals surface area (Å²) in [5, 5.41) is 4.89. The number of carbonyl (C=O) groups excluding carboxylic acids is 1. The van der Waals surface area contributed by atoms with E-state index in [0.29, 0.717) is 37.9 Å². The predicted octanol–water partition coefficient (Wildman–Crippen LogP) is 3.03. The van der Waals surface area contributed by atoms with Gasteiger partial charge < -0.3 is 14.5 Å². The van der Waals surface area contributed by atoms with Crippen LogP contribution in [-0.2, 0) is 17.0 Å². The number of piperidine rings is 1. The molecule has 6 nitrogen and oxygen atoms in total. The standard InChI is InChI=1S/C22H30N4O2S/c1-4-17-19(5-2)29-15-18-20(22(27)25-9-11-28-12-10-25)23-26(21(17)18)14-16-7-6-8-24(3)13-16/h4-5,16H,1-2,6-15H2,3H3. The molecule has 0 saturated carbocycles. The van der Waals surface area contributed by atoms with Crippen LogP contribution >= 0.6 is 11.8 Å². The quantitative estimate of drug-likeness (QED) is 0.741. The second-order valence-electron chi connectivity index (χ2n) is 8.01. The van der Waals surface area contributed by atoms with E-state index in [-0.39, 0.29) is 5.91 Å². The Morgan fingerprint density at radius 3 is 2.76 bits per heavy atom. The largest absolute Gasteiger partial charge is 0.378 e. The van der Waals surface area contributed by atoms with Crippen LogP contribution in [0.15, 0.2) is 30.2 Å². The number of amides is 1. The maximum absolute atomic E-state index is 13.3. The molecule has 0 aromatic carbocycles. The van der Waals surface area contributed by atoms with E-state index >= 15 is 0 Å². The van der Waals surface area contributed by atoms with Crippen LogP contribution in [0, 0.1) is 5.92 Å². The van der Waals surface area contributed by atoms with Gasteiger partial charge in [-0.05, 0) is 32.4 Å². The van der Waals surface area contributed by atoms with Gasteiger partial charge in [-0.3, -0.25) is 9.48 Å². The minimum Gasteiger partial charge on any atom is -0.378 e. The number of likely N-dealkylation sites (tertiary alicyclic amines) is 1. The van der Waals surface area contributed by atoms with E-state index in [9.17, 15) is 4.79 Å². The summed E-state index contributed by atoms with van der Waals surface area (Å²) in [5.41, 5.74) is 3.74. The number of fused-ring (bicyclic) bond motifs is 1. The number of rotatable bonds is 5. The van der Waals surface area contributed by atoms with Crippen molar-refractivity contribution in [2.75, 3.05) is 46.4 Å². The van der Waals surface area contributed by atoms with E-state index in [2.05, 4.69) is 29.8 Å². The summed E-state index contributed by atoms with van der Waals surface area (Å²) in [6.07, 6.45) is 6.18. The third-order valence-electron chi connectivity index (χ3n) is 5.99. The lowest BCUT2D eigenvalue weighted by Crippen LogP contribution is -2.41. The summed E-state index contributed by atoms with van der Waals surface area (Å²) in [6.45, 7) is 13.5. The number of hydrogen-bond donors (Lipinski definition) is 0. The molecule has 1 atom stereocenters. The first-order valence-electron chi connectivity index (χ1n) is 10.4. The fourth-order valence-electron chi connectivity index (χ4n) is 4.53. The number of morpholine rings is 1. The van der Waals surface area contributed by atoms with Gasteiger partial charge in [-0.15, -0.1) is 11.8 Å². The van der Waals surface area contributed by atoms with Crippen LogP contribution in [0.1, 0.15) is 34.6 Å². The van der Waals surface area contributed by atoms with Crippen molar-refractivity contribution in [2.24, 2.45) is 5.92 Å². The molecular formula is C22H30N4O2S. The number of allylic oxidation sites excluding steroid dienone is 3. The van der Waals surface area contributed by atoms with E-state index in [1.165, 1.54) is 12.8 Å². The van der Waals surface area contributed by atoms with E-state index in [4.69, 9.17) is 9.84 Å². The summed E-state index contributed by atoms with van der Waals surface area (Å²) in [4.78, 5) is 18.7. The van der Waals surface area contributed by atoms with Crippen molar-refractivity contribution in [3.8, 4) is 0 Å². The molecule has 4 rings (SSSR count). The zero-order valence-corrected chi connectivity index (χ0v) is 18.0. The molecule has 1 aromatic rings. The van der Waals surface area contributed by atoms with Crippen LogP contribution in [0.4, 0.5) is 0 Å². The lowest BCUT2D eigenvalue weighted by molar-refractivity contribution is 0.0297. The molecule has 2 fully saturated rings. The van der Waals surface area contributed by atoms with Crippen LogP contribution < -0.4 is 0 Å². The Bertz CT molecular complexity index is 838. The summed E-state index contributed by atoms with van der Waals surface area (Å²) < 4.78 is 7.49. The zero-order valence-electron chi connectivity index (χ0n) is 17.2. The minimum atomic E-state index is 0.0233. The third kappa shape index (κ3) is 4.09. The summed E-state index contributed by atoms with van der Waals surface area (Å²) in [6, 6.07) is 0. The molecule has 1 aromatic heterocycles. The third-order valence-corrected chi connectivity index (χ3v) is 7.12. The number of thioether (sulfide) groups is 1. The van der Waals surface area contributed by atoms with Crippen molar-refractivity contribution in [1.82, 2.24) is 19.6 Å². The van der Waals surface area contributed by atoms with Gasteiger partial charge in [0.25, 0.3) is 5.91 Å². The first-order chi connectivity index (χ1) is 14.1. The molecule has 0 bridgehead atoms. The molecule has 1 amide bonds. The Labute approximate surface area is 177 Å². The van der Waals surface area contributed by atoms with Crippen molar-refractivity contribution in [1.29, 1.82) is 0 Å². The Morgan fingerprint density at radius 1 is 1.28 bits per heavy atom. The van der Waals surface area contributed by atoms with Gasteiger partial charge in [0.1, 0.15) is 0 Å².